The number of hydrogen-bond acceptors (Lipinski definition) is 4. The Kier molecular flexibility index (Phi) is 15.6. The SMILES string of the molecule is C=C(/C=C(\C=C\CC(=O)N1CC[C@H](C)C(C)C1)C(F)(F)F)C(F)(F)F.CN(C)C(=O)CN1CCOC1=O.C[C@H]1C=CC(F)=CC1. The number of rotatable bonds is 6. The molecule has 1 unspecified atom stereocenters. The fraction of sp³-hybridized carbons (Fsp3) is 0.581. The van der Waals surface area contributed by atoms with Gasteiger partial charge in [0.05, 0.1) is 12.1 Å². The van der Waals surface area contributed by atoms with Crippen LogP contribution in [0.3, 0.4) is 0 Å². The maximum absolute atomic E-state index is 12.8. The first-order valence-electron chi connectivity index (χ1n) is 14.4. The van der Waals surface area contributed by atoms with E-state index in [0.29, 0.717) is 50.1 Å². The minimum Gasteiger partial charge on any atom is -0.448 e. The monoisotopic (exact) mass is 653 g/mol. The minimum atomic E-state index is -4.97. The molecule has 0 spiro atoms. The predicted octanol–water partition coefficient (Wildman–Crippen LogP) is 7.01. The van der Waals surface area contributed by atoms with Gasteiger partial charge in [-0.3, -0.25) is 14.5 Å². The first kappa shape index (κ1) is 39.4. The molecule has 1 aliphatic carbocycles. The van der Waals surface area contributed by atoms with Crippen LogP contribution in [0.25, 0.3) is 0 Å². The number of halogens is 7. The van der Waals surface area contributed by atoms with Crippen molar-refractivity contribution in [1.29, 1.82) is 0 Å². The zero-order valence-corrected chi connectivity index (χ0v) is 26.2. The van der Waals surface area contributed by atoms with Gasteiger partial charge in [0.1, 0.15) is 19.0 Å². The Balaban J connectivity index is 0.000000412. The maximum atomic E-state index is 12.8. The highest BCUT2D eigenvalue weighted by molar-refractivity contribution is 5.82. The largest absolute Gasteiger partial charge is 0.448 e. The van der Waals surface area contributed by atoms with Gasteiger partial charge in [0.15, 0.2) is 0 Å². The summed E-state index contributed by atoms with van der Waals surface area (Å²) in [6.45, 7) is 10.8. The lowest BCUT2D eigenvalue weighted by molar-refractivity contribution is -0.132. The van der Waals surface area contributed by atoms with Crippen molar-refractivity contribution in [1.82, 2.24) is 14.7 Å². The van der Waals surface area contributed by atoms with E-state index in [1.54, 1.807) is 25.1 Å². The topological polar surface area (TPSA) is 70.2 Å². The van der Waals surface area contributed by atoms with E-state index in [-0.39, 0.29) is 36.7 Å². The van der Waals surface area contributed by atoms with Gasteiger partial charge < -0.3 is 14.5 Å². The van der Waals surface area contributed by atoms with Crippen LogP contribution in [0.2, 0.25) is 0 Å². The highest BCUT2D eigenvalue weighted by atomic mass is 19.4. The molecule has 3 rings (SSSR count). The second-order valence-corrected chi connectivity index (χ2v) is 11.3. The van der Waals surface area contributed by atoms with Crippen molar-refractivity contribution in [3.63, 3.8) is 0 Å². The van der Waals surface area contributed by atoms with Gasteiger partial charge in [0.25, 0.3) is 0 Å². The Morgan fingerprint density at radius 1 is 1.07 bits per heavy atom. The standard InChI is InChI=1S/C17H21F6NO.C7H9F.C7H12N2O3/c1-11-7-8-24(10-12(11)2)15(25)6-4-5-14(17(21,22)23)9-13(3)16(18,19)20;1-6-2-4-7(8)5-3-6;1-8(2)6(10)5-9-3-4-12-7(9)11/h4-5,9,11-12H,3,6-8,10H2,1-2H3;2,4-6H,3H2,1H3;3-5H2,1-2H3/b5-4+,14-9+;;/t11-,12?;6-;/m00./s1. The van der Waals surface area contributed by atoms with Gasteiger partial charge in [-0.1, -0.05) is 45.6 Å². The van der Waals surface area contributed by atoms with Crippen molar-refractivity contribution in [3.8, 4) is 0 Å². The average Bonchev–Trinajstić information content (AvgIpc) is 3.34. The summed E-state index contributed by atoms with van der Waals surface area (Å²) in [6.07, 6.45) is -2.56. The van der Waals surface area contributed by atoms with Gasteiger partial charge >= 0.3 is 18.4 Å². The van der Waals surface area contributed by atoms with Gasteiger partial charge in [0.2, 0.25) is 11.8 Å². The Hall–Kier alpha value is -3.58. The number of carbonyl (C=O) groups is 3. The molecule has 2 saturated heterocycles. The fourth-order valence-corrected chi connectivity index (χ4v) is 3.97. The number of ether oxygens (including phenoxy) is 1. The van der Waals surface area contributed by atoms with Gasteiger partial charge in [-0.25, -0.2) is 9.18 Å². The van der Waals surface area contributed by atoms with Crippen molar-refractivity contribution >= 4 is 17.9 Å². The van der Waals surface area contributed by atoms with Crippen molar-refractivity contribution in [3.05, 3.63) is 60.0 Å². The van der Waals surface area contributed by atoms with Crippen LogP contribution in [0.1, 0.15) is 40.0 Å². The molecule has 45 heavy (non-hydrogen) atoms. The van der Waals surface area contributed by atoms with Crippen LogP contribution in [0.4, 0.5) is 35.5 Å². The molecule has 3 atom stereocenters. The van der Waals surface area contributed by atoms with Gasteiger partial charge in [-0.05, 0) is 48.8 Å². The summed E-state index contributed by atoms with van der Waals surface area (Å²) in [4.78, 5) is 38.4. The molecule has 2 fully saturated rings. The molecule has 0 aromatic rings. The molecule has 2 aliphatic heterocycles. The summed E-state index contributed by atoms with van der Waals surface area (Å²) in [6, 6.07) is 0. The second-order valence-electron chi connectivity index (χ2n) is 11.3. The number of nitrogens with zero attached hydrogens (tertiary/aromatic N) is 3. The lowest BCUT2D eigenvalue weighted by Crippen LogP contribution is -2.41. The average molecular weight is 654 g/mol. The first-order valence-corrected chi connectivity index (χ1v) is 14.4. The third kappa shape index (κ3) is 14.8. The van der Waals surface area contributed by atoms with Crippen molar-refractivity contribution < 1.29 is 49.9 Å². The highest BCUT2D eigenvalue weighted by Crippen LogP contribution is 2.32. The summed E-state index contributed by atoms with van der Waals surface area (Å²) in [5.74, 6) is 0.757. The third-order valence-corrected chi connectivity index (χ3v) is 7.24. The number of carbonyl (C=O) groups excluding carboxylic acids is 3. The van der Waals surface area contributed by atoms with Crippen LogP contribution < -0.4 is 0 Å². The summed E-state index contributed by atoms with van der Waals surface area (Å²) >= 11 is 0. The molecule has 0 aromatic carbocycles. The van der Waals surface area contributed by atoms with E-state index < -0.39 is 29.6 Å². The normalized spacial score (nSPS) is 22.1. The molecule has 0 bridgehead atoms. The molecule has 7 nitrogen and oxygen atoms in total. The number of alkyl halides is 6. The van der Waals surface area contributed by atoms with Gasteiger partial charge in [-0.15, -0.1) is 0 Å². The van der Waals surface area contributed by atoms with Crippen molar-refractivity contribution in [2.45, 2.75) is 52.4 Å². The molecular weight excluding hydrogens is 611 g/mol. The minimum absolute atomic E-state index is 0.0639. The first-order chi connectivity index (χ1) is 20.7. The van der Waals surface area contributed by atoms with Crippen LogP contribution in [0.15, 0.2) is 60.0 Å². The Labute approximate surface area is 259 Å². The molecular formula is C31H42F7N3O4. The van der Waals surface area contributed by atoms with Crippen molar-refractivity contribution in [2.75, 3.05) is 46.9 Å². The predicted molar refractivity (Wildman–Crippen MR) is 156 cm³/mol. The quantitative estimate of drug-likeness (QED) is 0.229. The van der Waals surface area contributed by atoms with Gasteiger partial charge in [0, 0.05) is 39.2 Å². The lowest BCUT2D eigenvalue weighted by atomic mass is 9.88. The van der Waals surface area contributed by atoms with E-state index in [1.807, 2.05) is 13.0 Å². The molecule has 0 saturated carbocycles. The van der Waals surface area contributed by atoms with Crippen LogP contribution in [0.5, 0.6) is 0 Å². The lowest BCUT2D eigenvalue weighted by Gasteiger charge is -2.35. The van der Waals surface area contributed by atoms with Crippen LogP contribution >= 0.6 is 0 Å². The third-order valence-electron chi connectivity index (χ3n) is 7.24. The van der Waals surface area contributed by atoms with Crippen molar-refractivity contribution in [2.24, 2.45) is 17.8 Å². The molecule has 0 N–H and O–H groups in total. The number of cyclic esters (lactones) is 1. The van der Waals surface area contributed by atoms with Crippen LogP contribution in [-0.4, -0.2) is 91.8 Å². The van der Waals surface area contributed by atoms with Gasteiger partial charge in [-0.2, -0.15) is 26.3 Å². The summed E-state index contributed by atoms with van der Waals surface area (Å²) < 4.78 is 92.3. The molecule has 14 heteroatoms. The van der Waals surface area contributed by atoms with E-state index >= 15 is 0 Å². The molecule has 3 amide bonds. The van der Waals surface area contributed by atoms with E-state index in [4.69, 9.17) is 0 Å². The zero-order chi connectivity index (χ0) is 34.5. The second kappa shape index (κ2) is 17.8. The number of piperidine rings is 1. The number of likely N-dealkylation sites (N-methyl/N-ethyl adjacent to an activating group) is 1. The Bertz CT molecular complexity index is 1160. The number of allylic oxidation sites excluding steroid dienone is 8. The Morgan fingerprint density at radius 3 is 2.16 bits per heavy atom. The Morgan fingerprint density at radius 2 is 1.71 bits per heavy atom. The number of amides is 3. The van der Waals surface area contributed by atoms with Crippen LogP contribution in [-0.2, 0) is 14.3 Å². The number of likely N-dealkylation sites (tertiary alicyclic amines) is 1. The van der Waals surface area contributed by atoms with E-state index in [1.165, 1.54) is 15.9 Å². The summed E-state index contributed by atoms with van der Waals surface area (Å²) in [5.41, 5.74) is -3.10. The molecule has 3 aliphatic rings. The maximum Gasteiger partial charge on any atom is 0.416 e. The summed E-state index contributed by atoms with van der Waals surface area (Å²) in [7, 11) is 3.31. The van der Waals surface area contributed by atoms with Crippen LogP contribution in [0, 0.1) is 17.8 Å². The smallest absolute Gasteiger partial charge is 0.416 e. The molecule has 254 valence electrons. The van der Waals surface area contributed by atoms with E-state index in [0.717, 1.165) is 18.9 Å². The molecule has 0 radical (unpaired) electrons. The highest BCUT2D eigenvalue weighted by Gasteiger charge is 2.36. The molecule has 2 heterocycles. The summed E-state index contributed by atoms with van der Waals surface area (Å²) in [5, 5.41) is 0. The number of hydrogen-bond donors (Lipinski definition) is 0. The molecule has 0 aromatic heterocycles. The zero-order valence-electron chi connectivity index (χ0n) is 26.2. The van der Waals surface area contributed by atoms with E-state index in [9.17, 15) is 45.1 Å². The van der Waals surface area contributed by atoms with E-state index in [2.05, 4.69) is 25.2 Å². The fourth-order valence-electron chi connectivity index (χ4n) is 3.97.